The summed E-state index contributed by atoms with van der Waals surface area (Å²) in [7, 11) is 1.57. The average Bonchev–Trinajstić information content (AvgIpc) is 3.15. The lowest BCUT2D eigenvalue weighted by Gasteiger charge is -2.36. The van der Waals surface area contributed by atoms with Gasteiger partial charge in [-0.2, -0.15) is 13.2 Å². The van der Waals surface area contributed by atoms with Gasteiger partial charge in [0.2, 0.25) is 5.91 Å². The van der Waals surface area contributed by atoms with E-state index in [4.69, 9.17) is 0 Å². The SMILES string of the molecule is CCN1CCN(C(=O)[C@@H](NC(=O)c2ccc3nc(N(C)C(=O)c4ccccc4-c4ccc(C(F)(F)F)cc4)ccc3c2)c2ccccc2)CC1. The van der Waals surface area contributed by atoms with E-state index < -0.39 is 29.6 Å². The Bertz CT molecular complexity index is 2010. The monoisotopic (exact) mass is 679 g/mol. The Balaban J connectivity index is 1.20. The number of amides is 3. The Labute approximate surface area is 288 Å². The van der Waals surface area contributed by atoms with E-state index in [2.05, 4.69) is 22.1 Å². The van der Waals surface area contributed by atoms with Gasteiger partial charge in [-0.05, 0) is 71.8 Å². The van der Waals surface area contributed by atoms with Crippen molar-refractivity contribution < 1.29 is 27.6 Å². The maximum atomic E-state index is 13.7. The maximum Gasteiger partial charge on any atom is 0.416 e. The number of rotatable bonds is 8. The van der Waals surface area contributed by atoms with Crippen molar-refractivity contribution in [1.29, 1.82) is 0 Å². The number of hydrogen-bond acceptors (Lipinski definition) is 5. The van der Waals surface area contributed by atoms with Gasteiger partial charge in [0.1, 0.15) is 11.9 Å². The van der Waals surface area contributed by atoms with E-state index in [0.717, 1.165) is 31.8 Å². The van der Waals surface area contributed by atoms with Gasteiger partial charge in [0.15, 0.2) is 0 Å². The van der Waals surface area contributed by atoms with Crippen LogP contribution in [-0.4, -0.2) is 72.3 Å². The molecule has 1 aliphatic heterocycles. The summed E-state index contributed by atoms with van der Waals surface area (Å²) < 4.78 is 39.4. The molecule has 0 saturated carbocycles. The highest BCUT2D eigenvalue weighted by molar-refractivity contribution is 6.10. The molecule has 0 spiro atoms. The molecule has 1 fully saturated rings. The van der Waals surface area contributed by atoms with Gasteiger partial charge in [-0.1, -0.05) is 67.6 Å². The van der Waals surface area contributed by atoms with Gasteiger partial charge in [0, 0.05) is 49.7 Å². The molecule has 0 unspecified atom stereocenters. The smallest absolute Gasteiger partial charge is 0.338 e. The van der Waals surface area contributed by atoms with Crippen molar-refractivity contribution in [2.24, 2.45) is 0 Å². The molecule has 0 aliphatic carbocycles. The van der Waals surface area contributed by atoms with Crippen LogP contribution >= 0.6 is 0 Å². The summed E-state index contributed by atoms with van der Waals surface area (Å²) in [5.41, 5.74) is 2.09. The normalized spacial score (nSPS) is 14.3. The van der Waals surface area contributed by atoms with Crippen molar-refractivity contribution in [3.63, 3.8) is 0 Å². The summed E-state index contributed by atoms with van der Waals surface area (Å²) in [4.78, 5) is 51.1. The number of nitrogens with one attached hydrogen (secondary N) is 1. The van der Waals surface area contributed by atoms with Crippen LogP contribution in [0.1, 0.15) is 44.8 Å². The summed E-state index contributed by atoms with van der Waals surface area (Å²) >= 11 is 0. The predicted octanol–water partition coefficient (Wildman–Crippen LogP) is 6.83. The van der Waals surface area contributed by atoms with Gasteiger partial charge in [-0.15, -0.1) is 0 Å². The zero-order valence-corrected chi connectivity index (χ0v) is 27.7. The quantitative estimate of drug-likeness (QED) is 0.194. The summed E-state index contributed by atoms with van der Waals surface area (Å²) in [5.74, 6) is -0.603. The highest BCUT2D eigenvalue weighted by Crippen LogP contribution is 2.32. The highest BCUT2D eigenvalue weighted by Gasteiger charge is 2.31. The average molecular weight is 680 g/mol. The third-order valence-corrected chi connectivity index (χ3v) is 9.05. The second-order valence-corrected chi connectivity index (χ2v) is 12.1. The van der Waals surface area contributed by atoms with E-state index in [0.29, 0.717) is 57.6 Å². The predicted molar refractivity (Wildman–Crippen MR) is 187 cm³/mol. The Morgan fingerprint density at radius 3 is 2.20 bits per heavy atom. The highest BCUT2D eigenvalue weighted by atomic mass is 19.4. The molecule has 0 bridgehead atoms. The number of alkyl halides is 3. The van der Waals surface area contributed by atoms with Crippen molar-refractivity contribution in [2.75, 3.05) is 44.7 Å². The number of pyridine rings is 1. The van der Waals surface area contributed by atoms with Crippen molar-refractivity contribution in [2.45, 2.75) is 19.1 Å². The van der Waals surface area contributed by atoms with Gasteiger partial charge in [-0.3, -0.25) is 19.3 Å². The summed E-state index contributed by atoms with van der Waals surface area (Å²) in [5, 5.41) is 3.61. The van der Waals surface area contributed by atoms with Crippen LogP contribution in [0, 0.1) is 0 Å². The summed E-state index contributed by atoms with van der Waals surface area (Å²) in [6.07, 6.45) is -4.46. The fraction of sp³-hybridized carbons (Fsp3) is 0.231. The minimum absolute atomic E-state index is 0.153. The van der Waals surface area contributed by atoms with E-state index >= 15 is 0 Å². The maximum absolute atomic E-state index is 13.7. The number of hydrogen-bond donors (Lipinski definition) is 1. The molecular weight excluding hydrogens is 643 g/mol. The lowest BCUT2D eigenvalue weighted by molar-refractivity contribution is -0.137. The molecule has 3 amide bonds. The standard InChI is InChI=1S/C39H36F3N5O3/c1-3-46-21-23-47(24-22-46)38(50)35(27-9-5-4-6-10-27)44-36(48)29-15-19-33-28(25-29)16-20-34(43-33)45(2)37(49)32-12-8-7-11-31(32)26-13-17-30(18-14-26)39(40,41)42/h4-20,25,35H,3,21-24H2,1-2H3,(H,44,48)/t35-/m0/s1. The number of benzene rings is 4. The molecule has 1 aromatic heterocycles. The molecule has 50 heavy (non-hydrogen) atoms. The van der Waals surface area contributed by atoms with Gasteiger partial charge in [0.25, 0.3) is 11.8 Å². The molecule has 5 aromatic rings. The lowest BCUT2D eigenvalue weighted by Crippen LogP contribution is -2.52. The van der Waals surface area contributed by atoms with E-state index in [1.165, 1.54) is 17.0 Å². The van der Waals surface area contributed by atoms with Crippen LogP contribution in [0.2, 0.25) is 0 Å². The molecule has 0 radical (unpaired) electrons. The zero-order chi connectivity index (χ0) is 35.4. The van der Waals surface area contributed by atoms with E-state index in [1.807, 2.05) is 30.3 Å². The fourth-order valence-electron chi connectivity index (χ4n) is 6.10. The summed E-state index contributed by atoms with van der Waals surface area (Å²) in [6.45, 7) is 5.76. The number of nitrogens with zero attached hydrogens (tertiary/aromatic N) is 4. The van der Waals surface area contributed by atoms with Gasteiger partial charge in [-0.25, -0.2) is 4.98 Å². The Hall–Kier alpha value is -5.55. The van der Waals surface area contributed by atoms with Crippen LogP contribution in [0.25, 0.3) is 22.0 Å². The molecule has 6 rings (SSSR count). The number of likely N-dealkylation sites (N-methyl/N-ethyl adjacent to an activating group) is 1. The van der Waals surface area contributed by atoms with Crippen LogP contribution in [0.5, 0.6) is 0 Å². The first-order valence-electron chi connectivity index (χ1n) is 16.4. The molecule has 256 valence electrons. The topological polar surface area (TPSA) is 85.8 Å². The number of carbonyl (C=O) groups is 3. The first kappa shape index (κ1) is 34.3. The molecule has 1 atom stereocenters. The Morgan fingerprint density at radius 2 is 1.52 bits per heavy atom. The number of halogens is 3. The fourth-order valence-corrected chi connectivity index (χ4v) is 6.10. The first-order valence-corrected chi connectivity index (χ1v) is 16.4. The van der Waals surface area contributed by atoms with E-state index in [-0.39, 0.29) is 5.91 Å². The largest absolute Gasteiger partial charge is 0.416 e. The number of anilines is 1. The van der Waals surface area contributed by atoms with Crippen LogP contribution in [0.15, 0.2) is 109 Å². The van der Waals surface area contributed by atoms with Crippen molar-refractivity contribution in [1.82, 2.24) is 20.1 Å². The molecule has 2 heterocycles. The second kappa shape index (κ2) is 14.5. The molecule has 1 aliphatic rings. The number of fused-ring (bicyclic) bond motifs is 1. The zero-order valence-electron chi connectivity index (χ0n) is 27.7. The van der Waals surface area contributed by atoms with Crippen molar-refractivity contribution in [3.8, 4) is 11.1 Å². The van der Waals surface area contributed by atoms with Gasteiger partial charge in [0.05, 0.1) is 11.1 Å². The molecule has 1 saturated heterocycles. The molecule has 11 heteroatoms. The van der Waals surface area contributed by atoms with Crippen LogP contribution in [0.3, 0.4) is 0 Å². The third kappa shape index (κ3) is 7.37. The van der Waals surface area contributed by atoms with E-state index in [1.54, 1.807) is 66.5 Å². The third-order valence-electron chi connectivity index (χ3n) is 9.05. The molecule has 4 aromatic carbocycles. The van der Waals surface area contributed by atoms with E-state index in [9.17, 15) is 27.6 Å². The lowest BCUT2D eigenvalue weighted by atomic mass is 9.98. The Kier molecular flexibility index (Phi) is 9.96. The van der Waals surface area contributed by atoms with Crippen molar-refractivity contribution in [3.05, 3.63) is 131 Å². The van der Waals surface area contributed by atoms with Crippen LogP contribution < -0.4 is 10.2 Å². The molecule has 8 nitrogen and oxygen atoms in total. The Morgan fingerprint density at radius 1 is 0.840 bits per heavy atom. The minimum atomic E-state index is -4.46. The van der Waals surface area contributed by atoms with Crippen LogP contribution in [-0.2, 0) is 11.0 Å². The number of carbonyl (C=O) groups excluding carboxylic acids is 3. The number of aromatic nitrogens is 1. The van der Waals surface area contributed by atoms with Gasteiger partial charge < -0.3 is 15.1 Å². The first-order chi connectivity index (χ1) is 24.0. The minimum Gasteiger partial charge on any atom is -0.338 e. The molecular formula is C39H36F3N5O3. The van der Waals surface area contributed by atoms with Gasteiger partial charge >= 0.3 is 6.18 Å². The number of piperazine rings is 1. The second-order valence-electron chi connectivity index (χ2n) is 12.1. The van der Waals surface area contributed by atoms with Crippen LogP contribution in [0.4, 0.5) is 19.0 Å². The summed E-state index contributed by atoms with van der Waals surface area (Å²) in [6, 6.07) is 28.2. The van der Waals surface area contributed by atoms with Crippen molar-refractivity contribution >= 4 is 34.4 Å². The molecule has 1 N–H and O–H groups in total.